The molecule has 0 bridgehead atoms. The van der Waals surface area contributed by atoms with E-state index in [4.69, 9.17) is 0 Å². The van der Waals surface area contributed by atoms with Crippen LogP contribution in [-0.2, 0) is 6.42 Å². The fraction of sp³-hybridized carbons (Fsp3) is 0.500. The number of hydrogen-bond donors (Lipinski definition) is 1. The van der Waals surface area contributed by atoms with E-state index in [0.29, 0.717) is 0 Å². The van der Waals surface area contributed by atoms with E-state index in [1.165, 1.54) is 10.6 Å². The lowest BCUT2D eigenvalue weighted by atomic mass is 9.75. The Morgan fingerprint density at radius 1 is 1.50 bits per heavy atom. The van der Waals surface area contributed by atoms with Gasteiger partial charge in [0.15, 0.2) is 5.13 Å². The molecule has 0 spiro atoms. The van der Waals surface area contributed by atoms with Crippen molar-refractivity contribution in [2.24, 2.45) is 5.41 Å². The molecule has 0 amide bonds. The van der Waals surface area contributed by atoms with Crippen LogP contribution in [0.1, 0.15) is 42.5 Å². The van der Waals surface area contributed by atoms with E-state index in [9.17, 15) is 5.11 Å². The highest BCUT2D eigenvalue weighted by atomic mass is 32.1. The fourth-order valence-corrected chi connectivity index (χ4v) is 3.53. The van der Waals surface area contributed by atoms with Gasteiger partial charge in [0, 0.05) is 28.5 Å². The number of aryl methyl sites for hydroxylation is 1. The van der Waals surface area contributed by atoms with Gasteiger partial charge >= 0.3 is 0 Å². The van der Waals surface area contributed by atoms with E-state index < -0.39 is 0 Å². The lowest BCUT2D eigenvalue weighted by molar-refractivity contribution is 0.0987. The van der Waals surface area contributed by atoms with Gasteiger partial charge in [-0.1, -0.05) is 13.8 Å². The molecule has 0 saturated heterocycles. The first-order valence-electron chi connectivity index (χ1n) is 6.27. The van der Waals surface area contributed by atoms with Crippen LogP contribution in [0.25, 0.3) is 5.13 Å². The van der Waals surface area contributed by atoms with Gasteiger partial charge in [0.25, 0.3) is 0 Å². The van der Waals surface area contributed by atoms with Crippen LogP contribution in [0.15, 0.2) is 18.5 Å². The maximum absolute atomic E-state index is 10.2. The van der Waals surface area contributed by atoms with Crippen LogP contribution in [0.3, 0.4) is 0 Å². The Kier molecular flexibility index (Phi) is 2.61. The molecule has 1 aliphatic carbocycles. The molecule has 1 aliphatic rings. The summed E-state index contributed by atoms with van der Waals surface area (Å²) < 4.78 is 2.14. The van der Waals surface area contributed by atoms with Gasteiger partial charge in [0.2, 0.25) is 0 Å². The number of hydrogen-bond acceptors (Lipinski definition) is 3. The van der Waals surface area contributed by atoms with E-state index in [1.807, 2.05) is 18.5 Å². The molecule has 4 heteroatoms. The highest BCUT2D eigenvalue weighted by Gasteiger charge is 2.33. The Hall–Kier alpha value is -1.13. The van der Waals surface area contributed by atoms with Crippen molar-refractivity contribution in [1.82, 2.24) is 9.55 Å². The van der Waals surface area contributed by atoms with E-state index in [1.54, 1.807) is 11.3 Å². The van der Waals surface area contributed by atoms with Crippen molar-refractivity contribution in [3.8, 4) is 5.13 Å². The smallest absolute Gasteiger partial charge is 0.193 e. The van der Waals surface area contributed by atoms with Crippen LogP contribution < -0.4 is 0 Å². The monoisotopic (exact) mass is 262 g/mol. The number of aliphatic hydroxyl groups is 1. The second-order valence-corrected chi connectivity index (χ2v) is 7.12. The van der Waals surface area contributed by atoms with Crippen molar-refractivity contribution in [3.63, 3.8) is 0 Å². The highest BCUT2D eigenvalue weighted by molar-refractivity contribution is 7.14. The molecule has 1 N–H and O–H groups in total. The summed E-state index contributed by atoms with van der Waals surface area (Å²) in [6.07, 6.45) is 5.42. The van der Waals surface area contributed by atoms with Crippen LogP contribution in [-0.4, -0.2) is 14.7 Å². The van der Waals surface area contributed by atoms with Gasteiger partial charge in [-0.15, -0.1) is 11.3 Å². The largest absolute Gasteiger partial charge is 0.388 e. The predicted molar refractivity (Wildman–Crippen MR) is 73.2 cm³/mol. The molecular formula is C14H18N2OS. The van der Waals surface area contributed by atoms with Crippen molar-refractivity contribution in [1.29, 1.82) is 0 Å². The van der Waals surface area contributed by atoms with Gasteiger partial charge in [-0.05, 0) is 31.2 Å². The van der Waals surface area contributed by atoms with Gasteiger partial charge in [0.05, 0.1) is 6.10 Å². The first-order valence-corrected chi connectivity index (χ1v) is 7.09. The Morgan fingerprint density at radius 2 is 2.28 bits per heavy atom. The molecule has 2 aromatic heterocycles. The quantitative estimate of drug-likeness (QED) is 0.856. The minimum atomic E-state index is -0.342. The number of nitrogens with zero attached hydrogens (tertiary/aromatic N) is 2. The summed E-state index contributed by atoms with van der Waals surface area (Å²) in [5.41, 5.74) is 2.43. The normalized spacial score (nSPS) is 21.9. The van der Waals surface area contributed by atoms with E-state index in [0.717, 1.165) is 23.5 Å². The molecule has 1 atom stereocenters. The van der Waals surface area contributed by atoms with Crippen LogP contribution in [0.2, 0.25) is 0 Å². The Morgan fingerprint density at radius 3 is 2.94 bits per heavy atom. The van der Waals surface area contributed by atoms with Gasteiger partial charge < -0.3 is 5.11 Å². The summed E-state index contributed by atoms with van der Waals surface area (Å²) in [4.78, 5) is 5.65. The third-order valence-electron chi connectivity index (χ3n) is 3.59. The maximum atomic E-state index is 10.2. The number of aromatic nitrogens is 2. The molecule has 3 rings (SSSR count). The summed E-state index contributed by atoms with van der Waals surface area (Å²) >= 11 is 1.69. The standard InChI is InChI=1S/C14H18N2OS/c1-9-8-15-13(18-9)16-5-4-10-11(16)6-14(2,3)7-12(10)17/h4-5,8,12,17H,6-7H2,1-3H3. The average molecular weight is 262 g/mol. The molecule has 0 aromatic carbocycles. The topological polar surface area (TPSA) is 38.0 Å². The zero-order valence-corrected chi connectivity index (χ0v) is 11.8. The van der Waals surface area contributed by atoms with Crippen molar-refractivity contribution < 1.29 is 5.11 Å². The number of rotatable bonds is 1. The van der Waals surface area contributed by atoms with Crippen molar-refractivity contribution in [3.05, 3.63) is 34.6 Å². The molecule has 3 nitrogen and oxygen atoms in total. The number of aliphatic hydroxyl groups excluding tert-OH is 1. The summed E-state index contributed by atoms with van der Waals surface area (Å²) in [5, 5.41) is 11.2. The summed E-state index contributed by atoms with van der Waals surface area (Å²) in [6.45, 7) is 6.49. The predicted octanol–water partition coefficient (Wildman–Crippen LogP) is 3.25. The van der Waals surface area contributed by atoms with Crippen molar-refractivity contribution in [2.45, 2.75) is 39.7 Å². The molecule has 2 aromatic rings. The molecule has 2 heterocycles. The summed E-state index contributed by atoms with van der Waals surface area (Å²) in [6, 6.07) is 2.03. The Labute approximate surface area is 111 Å². The highest BCUT2D eigenvalue weighted by Crippen LogP contribution is 2.42. The molecule has 0 radical (unpaired) electrons. The number of thiazole rings is 1. The molecule has 96 valence electrons. The van der Waals surface area contributed by atoms with Gasteiger partial charge in [0.1, 0.15) is 0 Å². The van der Waals surface area contributed by atoms with Gasteiger partial charge in [-0.3, -0.25) is 4.57 Å². The van der Waals surface area contributed by atoms with Gasteiger partial charge in [-0.25, -0.2) is 4.98 Å². The lowest BCUT2D eigenvalue weighted by Gasteiger charge is -2.33. The minimum Gasteiger partial charge on any atom is -0.388 e. The zero-order valence-electron chi connectivity index (χ0n) is 11.0. The fourth-order valence-electron chi connectivity index (χ4n) is 2.76. The first kappa shape index (κ1) is 11.9. The summed E-state index contributed by atoms with van der Waals surface area (Å²) in [5.74, 6) is 0. The molecular weight excluding hydrogens is 244 g/mol. The molecule has 1 unspecified atom stereocenters. The maximum Gasteiger partial charge on any atom is 0.193 e. The second kappa shape index (κ2) is 3.93. The third-order valence-corrected chi connectivity index (χ3v) is 4.51. The van der Waals surface area contributed by atoms with Gasteiger partial charge in [-0.2, -0.15) is 0 Å². The van der Waals surface area contributed by atoms with E-state index in [2.05, 4.69) is 30.3 Å². The second-order valence-electron chi connectivity index (χ2n) is 5.90. The van der Waals surface area contributed by atoms with Crippen LogP contribution in [0.5, 0.6) is 0 Å². The molecule has 0 aliphatic heterocycles. The Balaban J connectivity index is 2.10. The molecule has 0 fully saturated rings. The van der Waals surface area contributed by atoms with Crippen molar-refractivity contribution in [2.75, 3.05) is 0 Å². The third kappa shape index (κ3) is 1.89. The molecule has 0 saturated carbocycles. The Bertz CT molecular complexity index is 582. The number of fused-ring (bicyclic) bond motifs is 1. The SMILES string of the molecule is Cc1cnc(-n2ccc3c2CC(C)(C)CC3O)s1. The molecule has 18 heavy (non-hydrogen) atoms. The van der Waals surface area contributed by atoms with E-state index >= 15 is 0 Å². The van der Waals surface area contributed by atoms with Crippen LogP contribution in [0, 0.1) is 12.3 Å². The summed E-state index contributed by atoms with van der Waals surface area (Å²) in [7, 11) is 0. The lowest BCUT2D eigenvalue weighted by Crippen LogP contribution is -2.26. The van der Waals surface area contributed by atoms with Crippen molar-refractivity contribution >= 4 is 11.3 Å². The van der Waals surface area contributed by atoms with Crippen LogP contribution in [0.4, 0.5) is 0 Å². The first-order chi connectivity index (χ1) is 8.46. The van der Waals surface area contributed by atoms with Crippen LogP contribution >= 0.6 is 11.3 Å². The minimum absolute atomic E-state index is 0.148. The average Bonchev–Trinajstić information content (AvgIpc) is 2.82. The zero-order chi connectivity index (χ0) is 12.9. The van der Waals surface area contributed by atoms with E-state index in [-0.39, 0.29) is 11.5 Å².